The minimum Gasteiger partial charge on any atom is -0.466 e. The maximum atomic E-state index is 11.6. The molecule has 0 spiro atoms. The van der Waals surface area contributed by atoms with Gasteiger partial charge in [0.15, 0.2) is 0 Å². The molecule has 0 saturated carbocycles. The van der Waals surface area contributed by atoms with Crippen molar-refractivity contribution in [2.45, 2.75) is 0 Å². The monoisotopic (exact) mass is 263 g/mol. The number of benzene rings is 1. The minimum absolute atomic E-state index is 0.0418. The van der Waals surface area contributed by atoms with Gasteiger partial charge in [-0.15, -0.1) is 0 Å². The van der Waals surface area contributed by atoms with Crippen LogP contribution < -0.4 is 10.6 Å². The Morgan fingerprint density at radius 1 is 1.37 bits per heavy atom. The van der Waals surface area contributed by atoms with Crippen molar-refractivity contribution >= 4 is 28.9 Å². The number of amides is 1. The molecule has 98 valence electrons. The zero-order chi connectivity index (χ0) is 14.0. The molecule has 8 nitrogen and oxygen atoms in total. The summed E-state index contributed by atoms with van der Waals surface area (Å²) in [4.78, 5) is 32.8. The Morgan fingerprint density at radius 2 is 2.11 bits per heavy atom. The van der Waals surface area contributed by atoms with Crippen molar-refractivity contribution in [3.8, 4) is 0 Å². The quantitative estimate of drug-likeness (QED) is 0.356. The normalized spacial score (nSPS) is 15.2. The molecular weight excluding hydrogens is 254 g/mol. The third-order valence-corrected chi connectivity index (χ3v) is 2.44. The summed E-state index contributed by atoms with van der Waals surface area (Å²) in [6, 6.07) is 3.95. The standard InChI is InChI=1S/C11H9N3O5/c1-19-10(15)5-9-11(16)13-7-3-2-6(14(17)18)4-8(7)12-9/h2-5,12H,1H3,(H,13,16)/b9-5-. The van der Waals surface area contributed by atoms with Crippen LogP contribution in [-0.4, -0.2) is 23.9 Å². The molecule has 0 bridgehead atoms. The van der Waals surface area contributed by atoms with Crippen LogP contribution in [0.4, 0.5) is 17.1 Å². The van der Waals surface area contributed by atoms with E-state index in [4.69, 9.17) is 0 Å². The number of nitro benzene ring substituents is 1. The highest BCUT2D eigenvalue weighted by Gasteiger charge is 2.22. The Morgan fingerprint density at radius 3 is 2.74 bits per heavy atom. The van der Waals surface area contributed by atoms with E-state index in [0.29, 0.717) is 11.4 Å². The summed E-state index contributed by atoms with van der Waals surface area (Å²) >= 11 is 0. The molecule has 1 aliphatic rings. The van der Waals surface area contributed by atoms with Gasteiger partial charge in [-0.3, -0.25) is 14.9 Å². The molecule has 0 atom stereocenters. The number of esters is 1. The number of carbonyl (C=O) groups excluding carboxylic acids is 2. The number of non-ortho nitro benzene ring substituents is 1. The molecule has 1 amide bonds. The van der Waals surface area contributed by atoms with Gasteiger partial charge in [-0.25, -0.2) is 4.79 Å². The largest absolute Gasteiger partial charge is 0.466 e. The first-order valence-electron chi connectivity index (χ1n) is 5.17. The van der Waals surface area contributed by atoms with E-state index >= 15 is 0 Å². The molecule has 0 radical (unpaired) electrons. The van der Waals surface area contributed by atoms with Crippen LogP contribution in [-0.2, 0) is 14.3 Å². The number of rotatable bonds is 2. The Bertz CT molecular complexity index is 608. The molecule has 0 aliphatic carbocycles. The highest BCUT2D eigenvalue weighted by Crippen LogP contribution is 2.31. The lowest BCUT2D eigenvalue weighted by Crippen LogP contribution is -2.26. The lowest BCUT2D eigenvalue weighted by molar-refractivity contribution is -0.384. The molecule has 19 heavy (non-hydrogen) atoms. The smallest absolute Gasteiger partial charge is 0.332 e. The Labute approximate surface area is 107 Å². The zero-order valence-electron chi connectivity index (χ0n) is 9.80. The van der Waals surface area contributed by atoms with Crippen molar-refractivity contribution in [3.63, 3.8) is 0 Å². The van der Waals surface area contributed by atoms with Gasteiger partial charge < -0.3 is 15.4 Å². The Balaban J connectivity index is 2.37. The van der Waals surface area contributed by atoms with Crippen molar-refractivity contribution in [2.24, 2.45) is 0 Å². The fourth-order valence-corrected chi connectivity index (χ4v) is 1.53. The molecule has 1 aliphatic heterocycles. The number of methoxy groups -OCH3 is 1. The molecule has 0 aromatic heterocycles. The number of nitrogens with zero attached hydrogens (tertiary/aromatic N) is 1. The number of hydrogen-bond donors (Lipinski definition) is 2. The third-order valence-electron chi connectivity index (χ3n) is 2.44. The second kappa shape index (κ2) is 4.77. The van der Waals surface area contributed by atoms with Gasteiger partial charge in [0.1, 0.15) is 5.70 Å². The molecule has 0 fully saturated rings. The maximum Gasteiger partial charge on any atom is 0.332 e. The van der Waals surface area contributed by atoms with E-state index in [9.17, 15) is 19.7 Å². The number of nitrogens with one attached hydrogen (secondary N) is 2. The van der Waals surface area contributed by atoms with Crippen LogP contribution >= 0.6 is 0 Å². The fraction of sp³-hybridized carbons (Fsp3) is 0.0909. The van der Waals surface area contributed by atoms with Crippen molar-refractivity contribution in [1.82, 2.24) is 0 Å². The van der Waals surface area contributed by atoms with Crippen LogP contribution in [0.5, 0.6) is 0 Å². The molecule has 2 N–H and O–H groups in total. The summed E-state index contributed by atoms with van der Waals surface area (Å²) in [5, 5.41) is 15.8. The molecule has 8 heteroatoms. The minimum atomic E-state index is -0.702. The van der Waals surface area contributed by atoms with Crippen molar-refractivity contribution in [3.05, 3.63) is 40.1 Å². The van der Waals surface area contributed by atoms with E-state index in [-0.39, 0.29) is 11.4 Å². The van der Waals surface area contributed by atoms with Gasteiger partial charge in [0.05, 0.1) is 29.5 Å². The highest BCUT2D eigenvalue weighted by molar-refractivity contribution is 6.13. The van der Waals surface area contributed by atoms with Gasteiger partial charge in [-0.1, -0.05) is 0 Å². The van der Waals surface area contributed by atoms with Crippen molar-refractivity contribution < 1.29 is 19.2 Å². The number of fused-ring (bicyclic) bond motifs is 1. The fourth-order valence-electron chi connectivity index (χ4n) is 1.53. The predicted molar refractivity (Wildman–Crippen MR) is 65.4 cm³/mol. The SMILES string of the molecule is COC(=O)/C=C1\Nc2cc([N+](=O)[O-])ccc2NC1=O. The van der Waals surface area contributed by atoms with Crippen LogP contribution in [0.2, 0.25) is 0 Å². The highest BCUT2D eigenvalue weighted by atomic mass is 16.6. The maximum absolute atomic E-state index is 11.6. The van der Waals surface area contributed by atoms with Crippen LogP contribution in [0.25, 0.3) is 0 Å². The summed E-state index contributed by atoms with van der Waals surface area (Å²) in [6.45, 7) is 0. The average molecular weight is 263 g/mol. The summed E-state index contributed by atoms with van der Waals surface area (Å²) in [5.41, 5.74) is 0.571. The van der Waals surface area contributed by atoms with Crippen LogP contribution in [0.1, 0.15) is 0 Å². The first-order chi connectivity index (χ1) is 9.01. The zero-order valence-corrected chi connectivity index (χ0v) is 9.80. The predicted octanol–water partition coefficient (Wildman–Crippen LogP) is 1.02. The molecule has 0 saturated heterocycles. The molecule has 2 rings (SSSR count). The molecule has 1 aromatic rings. The number of nitro groups is 1. The Hall–Kier alpha value is -2.90. The van der Waals surface area contributed by atoms with Gasteiger partial charge in [-0.2, -0.15) is 0 Å². The number of ether oxygens (including phenoxy) is 1. The molecule has 1 heterocycles. The van der Waals surface area contributed by atoms with E-state index in [1.807, 2.05) is 0 Å². The van der Waals surface area contributed by atoms with Crippen LogP contribution in [0.15, 0.2) is 30.0 Å². The third kappa shape index (κ3) is 2.51. The van der Waals surface area contributed by atoms with Gasteiger partial charge >= 0.3 is 5.97 Å². The van der Waals surface area contributed by atoms with E-state index in [0.717, 1.165) is 6.08 Å². The molecular formula is C11H9N3O5. The number of carbonyl (C=O) groups is 2. The topological polar surface area (TPSA) is 111 Å². The number of hydrogen-bond acceptors (Lipinski definition) is 6. The van der Waals surface area contributed by atoms with Gasteiger partial charge in [0.25, 0.3) is 11.6 Å². The Kier molecular flexibility index (Phi) is 3.15. The van der Waals surface area contributed by atoms with Gasteiger partial charge in [-0.05, 0) is 6.07 Å². The molecule has 0 unspecified atom stereocenters. The summed E-state index contributed by atoms with van der Waals surface area (Å²) in [5.74, 6) is -1.22. The number of anilines is 2. The van der Waals surface area contributed by atoms with Crippen LogP contribution in [0, 0.1) is 10.1 Å². The molecule has 1 aromatic carbocycles. The van der Waals surface area contributed by atoms with Crippen molar-refractivity contribution in [1.29, 1.82) is 0 Å². The van der Waals surface area contributed by atoms with E-state index in [1.54, 1.807) is 0 Å². The summed E-state index contributed by atoms with van der Waals surface area (Å²) in [6.07, 6.45) is 0.969. The average Bonchev–Trinajstić information content (AvgIpc) is 2.38. The van der Waals surface area contributed by atoms with Gasteiger partial charge in [0, 0.05) is 12.1 Å². The second-order valence-electron chi connectivity index (χ2n) is 3.65. The summed E-state index contributed by atoms with van der Waals surface area (Å²) in [7, 11) is 1.18. The van der Waals surface area contributed by atoms with E-state index in [1.165, 1.54) is 25.3 Å². The lowest BCUT2D eigenvalue weighted by atomic mass is 10.1. The van der Waals surface area contributed by atoms with Crippen molar-refractivity contribution in [2.75, 3.05) is 17.7 Å². The van der Waals surface area contributed by atoms with E-state index < -0.39 is 16.8 Å². The first kappa shape index (κ1) is 12.6. The summed E-state index contributed by atoms with van der Waals surface area (Å²) < 4.78 is 4.41. The first-order valence-corrected chi connectivity index (χ1v) is 5.17. The lowest BCUT2D eigenvalue weighted by Gasteiger charge is -2.20. The van der Waals surface area contributed by atoms with Gasteiger partial charge in [0.2, 0.25) is 0 Å². The van der Waals surface area contributed by atoms with E-state index in [2.05, 4.69) is 15.4 Å². The second-order valence-corrected chi connectivity index (χ2v) is 3.65. The van der Waals surface area contributed by atoms with Crippen LogP contribution in [0.3, 0.4) is 0 Å².